The van der Waals surface area contributed by atoms with Gasteiger partial charge < -0.3 is 15.8 Å². The quantitative estimate of drug-likeness (QED) is 0.638. The molecule has 3 rings (SSSR count). The van der Waals surface area contributed by atoms with Crippen LogP contribution in [0.1, 0.15) is 25.7 Å². The summed E-state index contributed by atoms with van der Waals surface area (Å²) >= 11 is 0. The molecule has 1 aromatic rings. The Morgan fingerprint density at radius 1 is 1.27 bits per heavy atom. The van der Waals surface area contributed by atoms with Crippen molar-refractivity contribution in [1.82, 2.24) is 0 Å². The average Bonchev–Trinajstić information content (AvgIpc) is 2.66. The monoisotopic (exact) mass is 204 g/mol. The van der Waals surface area contributed by atoms with Gasteiger partial charge in [0.05, 0.1) is 16.9 Å². The minimum atomic E-state index is 0.181. The van der Waals surface area contributed by atoms with Gasteiger partial charge in [-0.1, -0.05) is 18.9 Å². The molecule has 2 aliphatic rings. The van der Waals surface area contributed by atoms with Crippen molar-refractivity contribution < 1.29 is 4.74 Å². The first-order chi connectivity index (χ1) is 7.29. The molecule has 15 heavy (non-hydrogen) atoms. The molecule has 0 bridgehead atoms. The first-order valence-corrected chi connectivity index (χ1v) is 5.59. The second-order valence-corrected chi connectivity index (χ2v) is 4.63. The Morgan fingerprint density at radius 3 is 2.87 bits per heavy atom. The second-order valence-electron chi connectivity index (χ2n) is 4.63. The highest BCUT2D eigenvalue weighted by molar-refractivity contribution is 5.71. The summed E-state index contributed by atoms with van der Waals surface area (Å²) in [5.74, 6) is 0.829. The van der Waals surface area contributed by atoms with E-state index in [1.807, 2.05) is 18.2 Å². The van der Waals surface area contributed by atoms with Crippen molar-refractivity contribution in [2.24, 2.45) is 0 Å². The van der Waals surface area contributed by atoms with Gasteiger partial charge >= 0.3 is 0 Å². The van der Waals surface area contributed by atoms with E-state index in [1.54, 1.807) is 0 Å². The number of nitrogens with one attached hydrogen (secondary N) is 1. The van der Waals surface area contributed by atoms with Gasteiger partial charge in [0.25, 0.3) is 0 Å². The number of anilines is 2. The predicted molar refractivity (Wildman–Crippen MR) is 61.2 cm³/mol. The highest BCUT2D eigenvalue weighted by atomic mass is 16.5. The van der Waals surface area contributed by atoms with Crippen LogP contribution in [0.4, 0.5) is 11.4 Å². The Bertz CT molecular complexity index is 383. The number of ether oxygens (including phenoxy) is 1. The van der Waals surface area contributed by atoms with Gasteiger partial charge in [0, 0.05) is 0 Å². The van der Waals surface area contributed by atoms with E-state index in [0.29, 0.717) is 0 Å². The normalized spacial score (nSPS) is 21.9. The molecule has 0 aromatic heterocycles. The molecule has 80 valence electrons. The smallest absolute Gasteiger partial charge is 0.165 e. The van der Waals surface area contributed by atoms with Gasteiger partial charge in [0.2, 0.25) is 0 Å². The number of nitrogen functional groups attached to an aromatic ring is 1. The van der Waals surface area contributed by atoms with Gasteiger partial charge in [-0.25, -0.2) is 0 Å². The zero-order valence-corrected chi connectivity index (χ0v) is 8.75. The van der Waals surface area contributed by atoms with Crippen LogP contribution < -0.4 is 15.8 Å². The van der Waals surface area contributed by atoms with Gasteiger partial charge in [-0.15, -0.1) is 0 Å². The zero-order chi connectivity index (χ0) is 10.3. The molecule has 1 aromatic carbocycles. The van der Waals surface area contributed by atoms with Crippen LogP contribution in [0.2, 0.25) is 0 Å². The lowest BCUT2D eigenvalue weighted by Gasteiger charge is -2.37. The third kappa shape index (κ3) is 1.34. The standard InChI is InChI=1S/C12H16N2O/c13-9-4-3-5-10-11(9)15-8-12(14-10)6-1-2-7-12/h3-5,14H,1-2,6-8,13H2. The minimum absolute atomic E-state index is 0.181. The van der Waals surface area contributed by atoms with Crippen molar-refractivity contribution in [1.29, 1.82) is 0 Å². The Morgan fingerprint density at radius 2 is 2.07 bits per heavy atom. The van der Waals surface area contributed by atoms with E-state index in [4.69, 9.17) is 10.5 Å². The molecule has 1 saturated carbocycles. The lowest BCUT2D eigenvalue weighted by molar-refractivity contribution is 0.222. The molecule has 3 N–H and O–H groups in total. The zero-order valence-electron chi connectivity index (χ0n) is 8.75. The van der Waals surface area contributed by atoms with E-state index in [0.717, 1.165) is 23.7 Å². The molecule has 0 saturated heterocycles. The number of fused-ring (bicyclic) bond motifs is 1. The molecule has 0 unspecified atom stereocenters. The molecule has 3 nitrogen and oxygen atoms in total. The van der Waals surface area contributed by atoms with Crippen LogP contribution in [0.3, 0.4) is 0 Å². The summed E-state index contributed by atoms with van der Waals surface area (Å²) < 4.78 is 5.80. The number of benzene rings is 1. The van der Waals surface area contributed by atoms with E-state index in [-0.39, 0.29) is 5.54 Å². The van der Waals surface area contributed by atoms with Crippen molar-refractivity contribution in [2.75, 3.05) is 17.7 Å². The van der Waals surface area contributed by atoms with Crippen molar-refractivity contribution >= 4 is 11.4 Å². The van der Waals surface area contributed by atoms with Crippen LogP contribution >= 0.6 is 0 Å². The van der Waals surface area contributed by atoms with Crippen LogP contribution in [0, 0.1) is 0 Å². The third-order valence-electron chi connectivity index (χ3n) is 3.50. The molecule has 1 spiro atoms. The van der Waals surface area contributed by atoms with Crippen LogP contribution in [0.25, 0.3) is 0 Å². The van der Waals surface area contributed by atoms with Crippen molar-refractivity contribution in [3.63, 3.8) is 0 Å². The molecule has 3 heteroatoms. The summed E-state index contributed by atoms with van der Waals surface area (Å²) in [4.78, 5) is 0. The fourth-order valence-corrected chi connectivity index (χ4v) is 2.67. The summed E-state index contributed by atoms with van der Waals surface area (Å²) in [6.45, 7) is 0.758. The first kappa shape index (κ1) is 8.89. The molecular formula is C12H16N2O. The average molecular weight is 204 g/mol. The summed E-state index contributed by atoms with van der Waals surface area (Å²) in [6, 6.07) is 5.90. The van der Waals surface area contributed by atoms with Gasteiger partial charge in [-0.2, -0.15) is 0 Å². The predicted octanol–water partition coefficient (Wildman–Crippen LogP) is 2.39. The highest BCUT2D eigenvalue weighted by Gasteiger charge is 2.38. The van der Waals surface area contributed by atoms with E-state index >= 15 is 0 Å². The van der Waals surface area contributed by atoms with Crippen molar-refractivity contribution in [2.45, 2.75) is 31.2 Å². The molecule has 1 aliphatic heterocycles. The fourth-order valence-electron chi connectivity index (χ4n) is 2.67. The van der Waals surface area contributed by atoms with Crippen LogP contribution in [0.5, 0.6) is 5.75 Å². The summed E-state index contributed by atoms with van der Waals surface area (Å²) in [7, 11) is 0. The molecule has 1 heterocycles. The van der Waals surface area contributed by atoms with Crippen molar-refractivity contribution in [3.8, 4) is 5.75 Å². The van der Waals surface area contributed by atoms with Gasteiger partial charge in [0.15, 0.2) is 5.75 Å². The van der Waals surface area contributed by atoms with Gasteiger partial charge in [-0.05, 0) is 25.0 Å². The van der Waals surface area contributed by atoms with E-state index in [1.165, 1.54) is 25.7 Å². The Kier molecular flexibility index (Phi) is 1.81. The molecule has 0 atom stereocenters. The molecule has 1 aliphatic carbocycles. The lowest BCUT2D eigenvalue weighted by atomic mass is 9.96. The fraction of sp³-hybridized carbons (Fsp3) is 0.500. The maximum Gasteiger partial charge on any atom is 0.165 e. The van der Waals surface area contributed by atoms with Crippen molar-refractivity contribution in [3.05, 3.63) is 18.2 Å². The van der Waals surface area contributed by atoms with Crippen LogP contribution in [-0.2, 0) is 0 Å². The van der Waals surface area contributed by atoms with Gasteiger partial charge in [0.1, 0.15) is 6.61 Å². The first-order valence-electron chi connectivity index (χ1n) is 5.59. The number of rotatable bonds is 0. The topological polar surface area (TPSA) is 47.3 Å². The summed E-state index contributed by atoms with van der Waals surface area (Å²) in [5, 5.41) is 3.61. The van der Waals surface area contributed by atoms with E-state index in [9.17, 15) is 0 Å². The summed E-state index contributed by atoms with van der Waals surface area (Å²) in [6.07, 6.45) is 5.02. The Labute approximate surface area is 89.6 Å². The Balaban J connectivity index is 1.96. The lowest BCUT2D eigenvalue weighted by Crippen LogP contribution is -2.44. The largest absolute Gasteiger partial charge is 0.487 e. The maximum atomic E-state index is 5.86. The molecule has 1 fully saturated rings. The van der Waals surface area contributed by atoms with E-state index < -0.39 is 0 Å². The highest BCUT2D eigenvalue weighted by Crippen LogP contribution is 2.42. The molecule has 0 amide bonds. The van der Waals surface area contributed by atoms with Crippen LogP contribution in [-0.4, -0.2) is 12.1 Å². The van der Waals surface area contributed by atoms with E-state index in [2.05, 4.69) is 5.32 Å². The SMILES string of the molecule is Nc1cccc2c1OCC1(CCCC1)N2. The second kappa shape index (κ2) is 3.05. The number of hydrogen-bond donors (Lipinski definition) is 2. The Hall–Kier alpha value is -1.38. The summed E-state index contributed by atoms with van der Waals surface area (Å²) in [5.41, 5.74) is 7.83. The third-order valence-corrected chi connectivity index (χ3v) is 3.50. The van der Waals surface area contributed by atoms with Crippen LogP contribution in [0.15, 0.2) is 18.2 Å². The molecular weight excluding hydrogens is 188 g/mol. The number of para-hydroxylation sites is 1. The number of nitrogens with two attached hydrogens (primary N) is 1. The van der Waals surface area contributed by atoms with Gasteiger partial charge in [-0.3, -0.25) is 0 Å². The number of hydrogen-bond acceptors (Lipinski definition) is 3. The maximum absolute atomic E-state index is 5.86. The minimum Gasteiger partial charge on any atom is -0.487 e. The molecule has 0 radical (unpaired) electrons.